The van der Waals surface area contributed by atoms with Crippen LogP contribution in [-0.4, -0.2) is 97.2 Å². The second-order valence-electron chi connectivity index (χ2n) is 9.66. The van der Waals surface area contributed by atoms with Crippen LogP contribution in [0.15, 0.2) is 0 Å². The van der Waals surface area contributed by atoms with Crippen LogP contribution in [0.2, 0.25) is 0 Å². The third kappa shape index (κ3) is 4.66. The lowest BCUT2D eigenvalue weighted by molar-refractivity contribution is -0.310. The topological polar surface area (TPSA) is 94.8 Å². The third-order valence-corrected chi connectivity index (χ3v) is 7.59. The zero-order valence-corrected chi connectivity index (χ0v) is 19.1. The van der Waals surface area contributed by atoms with Crippen molar-refractivity contribution < 1.29 is 41.0 Å². The first-order valence-corrected chi connectivity index (χ1v) is 11.2. The highest BCUT2D eigenvalue weighted by Gasteiger charge is 2.65. The molecule has 0 aromatic carbocycles. The molecule has 2 unspecified atom stereocenters. The highest BCUT2D eigenvalue weighted by atomic mass is 19.4. The van der Waals surface area contributed by atoms with Gasteiger partial charge in [0.2, 0.25) is 5.82 Å². The van der Waals surface area contributed by atoms with Gasteiger partial charge in [-0.1, -0.05) is 0 Å². The van der Waals surface area contributed by atoms with Crippen molar-refractivity contribution in [2.45, 2.75) is 63.2 Å². The standard InChI is InChI=1S/C20H26F6N6O3/c1-18(5-6-31(17(34)35)9-12(18)14(19(21,22)23)20(24,25)26)29(2)16(33)15-28-27-13-10-30(11-3-4-11)7-8-32(13)15/h11-12,14H,3-10H2,1-2H3,(H,34,35). The van der Waals surface area contributed by atoms with Crippen molar-refractivity contribution in [3.05, 3.63) is 11.6 Å². The number of amides is 2. The molecule has 1 N–H and O–H groups in total. The maximum Gasteiger partial charge on any atom is 0.407 e. The van der Waals surface area contributed by atoms with Crippen LogP contribution in [0, 0.1) is 11.8 Å². The summed E-state index contributed by atoms with van der Waals surface area (Å²) in [7, 11) is 1.14. The van der Waals surface area contributed by atoms with Crippen LogP contribution < -0.4 is 0 Å². The molecule has 2 amide bonds. The molecule has 35 heavy (non-hydrogen) atoms. The molecule has 1 aromatic heterocycles. The highest BCUT2D eigenvalue weighted by molar-refractivity contribution is 5.91. The van der Waals surface area contributed by atoms with Crippen molar-refractivity contribution in [3.63, 3.8) is 0 Å². The number of carbonyl (C=O) groups excluding carboxylic acids is 1. The van der Waals surface area contributed by atoms with Crippen molar-refractivity contribution in [1.29, 1.82) is 0 Å². The molecule has 2 aliphatic heterocycles. The van der Waals surface area contributed by atoms with Crippen molar-refractivity contribution in [2.75, 3.05) is 26.7 Å². The van der Waals surface area contributed by atoms with E-state index in [1.165, 1.54) is 0 Å². The summed E-state index contributed by atoms with van der Waals surface area (Å²) >= 11 is 0. The zero-order chi connectivity index (χ0) is 25.9. The van der Waals surface area contributed by atoms with Gasteiger partial charge in [-0.3, -0.25) is 9.69 Å². The lowest BCUT2D eigenvalue weighted by atomic mass is 9.70. The Bertz CT molecular complexity index is 979. The molecule has 2 atom stereocenters. The molecule has 3 aliphatic rings. The lowest BCUT2D eigenvalue weighted by Crippen LogP contribution is -2.65. The van der Waals surface area contributed by atoms with Crippen LogP contribution in [0.3, 0.4) is 0 Å². The largest absolute Gasteiger partial charge is 0.465 e. The second kappa shape index (κ2) is 8.52. The predicted molar refractivity (Wildman–Crippen MR) is 107 cm³/mol. The summed E-state index contributed by atoms with van der Waals surface area (Å²) in [4.78, 5) is 28.4. The van der Waals surface area contributed by atoms with Crippen LogP contribution >= 0.6 is 0 Å². The number of aromatic nitrogens is 3. The number of hydrogen-bond donors (Lipinski definition) is 1. The molecule has 0 radical (unpaired) electrons. The monoisotopic (exact) mass is 512 g/mol. The number of carboxylic acid groups (broad SMARTS) is 1. The Morgan fingerprint density at radius 1 is 1.09 bits per heavy atom. The number of alkyl halides is 6. The van der Waals surface area contributed by atoms with Gasteiger partial charge in [0.15, 0.2) is 5.92 Å². The number of carbonyl (C=O) groups is 2. The van der Waals surface area contributed by atoms with E-state index in [-0.39, 0.29) is 12.4 Å². The van der Waals surface area contributed by atoms with Gasteiger partial charge in [-0.2, -0.15) is 26.3 Å². The summed E-state index contributed by atoms with van der Waals surface area (Å²) in [5.74, 6) is -6.62. The van der Waals surface area contributed by atoms with Crippen LogP contribution in [-0.2, 0) is 13.1 Å². The molecule has 4 rings (SSSR count). The summed E-state index contributed by atoms with van der Waals surface area (Å²) in [6, 6.07) is 0.447. The summed E-state index contributed by atoms with van der Waals surface area (Å²) in [5.41, 5.74) is -1.96. The van der Waals surface area contributed by atoms with Gasteiger partial charge in [0, 0.05) is 50.7 Å². The van der Waals surface area contributed by atoms with E-state index in [1.807, 2.05) is 0 Å². The quantitative estimate of drug-likeness (QED) is 0.624. The third-order valence-electron chi connectivity index (χ3n) is 7.59. The molecule has 9 nitrogen and oxygen atoms in total. The molecule has 1 saturated carbocycles. The Morgan fingerprint density at radius 3 is 2.26 bits per heavy atom. The fraction of sp³-hybridized carbons (Fsp3) is 0.800. The Balaban J connectivity index is 1.66. The number of piperidine rings is 1. The van der Waals surface area contributed by atoms with E-state index >= 15 is 0 Å². The highest BCUT2D eigenvalue weighted by Crippen LogP contribution is 2.50. The molecule has 1 aliphatic carbocycles. The van der Waals surface area contributed by atoms with Gasteiger partial charge >= 0.3 is 18.4 Å². The average Bonchev–Trinajstić information content (AvgIpc) is 3.51. The Kier molecular flexibility index (Phi) is 6.21. The van der Waals surface area contributed by atoms with E-state index in [0.29, 0.717) is 36.4 Å². The Morgan fingerprint density at radius 2 is 1.71 bits per heavy atom. The summed E-state index contributed by atoms with van der Waals surface area (Å²) in [6.07, 6.45) is -11.3. The van der Waals surface area contributed by atoms with E-state index < -0.39 is 54.7 Å². The summed E-state index contributed by atoms with van der Waals surface area (Å²) in [6.45, 7) is 1.23. The first-order valence-electron chi connectivity index (χ1n) is 11.2. The first-order chi connectivity index (χ1) is 16.1. The van der Waals surface area contributed by atoms with Crippen molar-refractivity contribution in [3.8, 4) is 0 Å². The van der Waals surface area contributed by atoms with E-state index in [4.69, 9.17) is 0 Å². The predicted octanol–water partition coefficient (Wildman–Crippen LogP) is 2.83. The molecule has 2 fully saturated rings. The van der Waals surface area contributed by atoms with Crippen molar-refractivity contribution >= 4 is 12.0 Å². The number of likely N-dealkylation sites (tertiary alicyclic amines) is 1. The Hall–Kier alpha value is -2.58. The normalized spacial score (nSPS) is 26.1. The summed E-state index contributed by atoms with van der Waals surface area (Å²) in [5, 5.41) is 17.2. The van der Waals surface area contributed by atoms with Gasteiger partial charge in [-0.05, 0) is 26.2 Å². The number of nitrogens with zero attached hydrogens (tertiary/aromatic N) is 6. The van der Waals surface area contributed by atoms with Crippen molar-refractivity contribution in [1.82, 2.24) is 29.5 Å². The SMILES string of the molecule is CN(C(=O)c1nnc2n1CCN(C1CC1)C2)C1(C)CCN(C(=O)O)CC1C(C(F)(F)F)C(F)(F)F. The van der Waals surface area contributed by atoms with Crippen LogP contribution in [0.4, 0.5) is 31.1 Å². The summed E-state index contributed by atoms with van der Waals surface area (Å²) < 4.78 is 83.9. The number of halogens is 6. The van der Waals surface area contributed by atoms with E-state index in [1.54, 1.807) is 4.57 Å². The Labute approximate surface area is 196 Å². The van der Waals surface area contributed by atoms with Gasteiger partial charge < -0.3 is 19.5 Å². The van der Waals surface area contributed by atoms with E-state index in [2.05, 4.69) is 15.1 Å². The van der Waals surface area contributed by atoms with Gasteiger partial charge in [-0.25, -0.2) is 4.79 Å². The fourth-order valence-electron chi connectivity index (χ4n) is 5.24. The van der Waals surface area contributed by atoms with Crippen LogP contribution in [0.1, 0.15) is 42.6 Å². The van der Waals surface area contributed by atoms with Gasteiger partial charge in [-0.15, -0.1) is 10.2 Å². The number of hydrogen-bond acceptors (Lipinski definition) is 5. The molecule has 3 heterocycles. The lowest BCUT2D eigenvalue weighted by Gasteiger charge is -2.52. The number of rotatable bonds is 4. The van der Waals surface area contributed by atoms with E-state index in [0.717, 1.165) is 31.7 Å². The smallest absolute Gasteiger partial charge is 0.407 e. The molecule has 15 heteroatoms. The van der Waals surface area contributed by atoms with Crippen LogP contribution in [0.5, 0.6) is 0 Å². The molecule has 196 valence electrons. The zero-order valence-electron chi connectivity index (χ0n) is 19.1. The van der Waals surface area contributed by atoms with Crippen LogP contribution in [0.25, 0.3) is 0 Å². The molecule has 0 spiro atoms. The molecular formula is C20H26F6N6O3. The minimum absolute atomic E-state index is 0.158. The average molecular weight is 512 g/mol. The minimum atomic E-state index is -5.70. The maximum atomic E-state index is 13.7. The molecule has 0 bridgehead atoms. The molecule has 1 saturated heterocycles. The van der Waals surface area contributed by atoms with Crippen molar-refractivity contribution in [2.24, 2.45) is 11.8 Å². The minimum Gasteiger partial charge on any atom is -0.465 e. The molecular weight excluding hydrogens is 486 g/mol. The number of fused-ring (bicyclic) bond motifs is 1. The first kappa shape index (κ1) is 25.5. The fourth-order valence-corrected chi connectivity index (χ4v) is 5.24. The molecule has 1 aromatic rings. The maximum absolute atomic E-state index is 13.7. The van der Waals surface area contributed by atoms with Gasteiger partial charge in [0.1, 0.15) is 5.82 Å². The van der Waals surface area contributed by atoms with E-state index in [9.17, 15) is 41.0 Å². The second-order valence-corrected chi connectivity index (χ2v) is 9.66. The van der Waals surface area contributed by atoms with Gasteiger partial charge in [0.25, 0.3) is 5.91 Å². The van der Waals surface area contributed by atoms with Gasteiger partial charge in [0.05, 0.1) is 6.54 Å².